The van der Waals surface area contributed by atoms with Crippen molar-refractivity contribution in [2.45, 2.75) is 19.4 Å². The van der Waals surface area contributed by atoms with Crippen molar-refractivity contribution in [3.8, 4) is 0 Å². The van der Waals surface area contributed by atoms with Crippen LogP contribution in [0.2, 0.25) is 0 Å². The SMILES string of the molecule is Cc1cc(NC(=O)CN2C(=O)N[C@@H](Cc3ccccc3)C2=O)ccc1Br. The fraction of sp³-hybridized carbons (Fsp3) is 0.211. The first kappa shape index (κ1) is 18.1. The van der Waals surface area contributed by atoms with Crippen molar-refractivity contribution in [2.75, 3.05) is 11.9 Å². The van der Waals surface area contributed by atoms with Gasteiger partial charge in [0.1, 0.15) is 12.6 Å². The molecule has 6 nitrogen and oxygen atoms in total. The standard InChI is InChI=1S/C19H18BrN3O3/c1-12-9-14(7-8-15(12)20)21-17(24)11-23-18(25)16(22-19(23)26)10-13-5-3-2-4-6-13/h2-9,16H,10-11H2,1H3,(H,21,24)(H,22,26)/t16-/m0/s1. The summed E-state index contributed by atoms with van der Waals surface area (Å²) in [6, 6.07) is 13.6. The molecule has 7 heteroatoms. The largest absolute Gasteiger partial charge is 0.325 e. The Balaban J connectivity index is 1.61. The van der Waals surface area contributed by atoms with Crippen LogP contribution >= 0.6 is 15.9 Å². The van der Waals surface area contributed by atoms with E-state index in [0.717, 1.165) is 20.5 Å². The molecule has 1 aliphatic rings. The number of aryl methyl sites for hydroxylation is 1. The van der Waals surface area contributed by atoms with Gasteiger partial charge in [-0.25, -0.2) is 4.79 Å². The Morgan fingerprint density at radius 2 is 1.92 bits per heavy atom. The molecule has 4 amide bonds. The lowest BCUT2D eigenvalue weighted by atomic mass is 10.1. The van der Waals surface area contributed by atoms with Crippen LogP contribution in [0.15, 0.2) is 53.0 Å². The number of hydrogen-bond acceptors (Lipinski definition) is 3. The van der Waals surface area contributed by atoms with Gasteiger partial charge < -0.3 is 10.6 Å². The maximum Gasteiger partial charge on any atom is 0.325 e. The number of amides is 4. The molecule has 0 bridgehead atoms. The van der Waals surface area contributed by atoms with Gasteiger partial charge in [-0.3, -0.25) is 14.5 Å². The summed E-state index contributed by atoms with van der Waals surface area (Å²) in [6.45, 7) is 1.59. The number of anilines is 1. The fourth-order valence-electron chi connectivity index (χ4n) is 2.78. The van der Waals surface area contributed by atoms with Crippen LogP contribution < -0.4 is 10.6 Å². The molecule has 2 N–H and O–H groups in total. The van der Waals surface area contributed by atoms with Crippen LogP contribution in [0.1, 0.15) is 11.1 Å². The summed E-state index contributed by atoms with van der Waals surface area (Å²) in [4.78, 5) is 37.7. The van der Waals surface area contributed by atoms with Crippen molar-refractivity contribution in [3.63, 3.8) is 0 Å². The summed E-state index contributed by atoms with van der Waals surface area (Å²) in [7, 11) is 0. The van der Waals surface area contributed by atoms with Crippen LogP contribution in [0.4, 0.5) is 10.5 Å². The maximum absolute atomic E-state index is 12.5. The minimum absolute atomic E-state index is 0.314. The third kappa shape index (κ3) is 4.11. The van der Waals surface area contributed by atoms with E-state index in [4.69, 9.17) is 0 Å². The lowest BCUT2D eigenvalue weighted by Crippen LogP contribution is -2.38. The van der Waals surface area contributed by atoms with Crippen LogP contribution in [-0.2, 0) is 16.0 Å². The monoisotopic (exact) mass is 415 g/mol. The minimum atomic E-state index is -0.646. The highest BCUT2D eigenvalue weighted by atomic mass is 79.9. The lowest BCUT2D eigenvalue weighted by molar-refractivity contribution is -0.130. The van der Waals surface area contributed by atoms with E-state index in [1.807, 2.05) is 49.4 Å². The molecule has 0 unspecified atom stereocenters. The molecule has 0 aromatic heterocycles. The van der Waals surface area contributed by atoms with Crippen LogP contribution in [0.3, 0.4) is 0 Å². The number of benzene rings is 2. The Hall–Kier alpha value is -2.67. The molecule has 1 atom stereocenters. The number of nitrogens with one attached hydrogen (secondary N) is 2. The van der Waals surface area contributed by atoms with Crippen molar-refractivity contribution < 1.29 is 14.4 Å². The second-order valence-electron chi connectivity index (χ2n) is 6.13. The minimum Gasteiger partial charge on any atom is -0.325 e. The van der Waals surface area contributed by atoms with Gasteiger partial charge in [0, 0.05) is 16.6 Å². The summed E-state index contributed by atoms with van der Waals surface area (Å²) in [6.07, 6.45) is 0.398. The van der Waals surface area contributed by atoms with Gasteiger partial charge in [-0.15, -0.1) is 0 Å². The Morgan fingerprint density at radius 3 is 2.62 bits per heavy atom. The van der Waals surface area contributed by atoms with Gasteiger partial charge in [-0.05, 0) is 36.2 Å². The normalized spacial score (nSPS) is 16.5. The second-order valence-corrected chi connectivity index (χ2v) is 6.98. The molecule has 1 aliphatic heterocycles. The Morgan fingerprint density at radius 1 is 1.19 bits per heavy atom. The van der Waals surface area contributed by atoms with Crippen LogP contribution in [0.25, 0.3) is 0 Å². The summed E-state index contributed by atoms with van der Waals surface area (Å²) < 4.78 is 0.938. The average Bonchev–Trinajstić information content (AvgIpc) is 2.86. The molecule has 2 aromatic rings. The van der Waals surface area contributed by atoms with Crippen molar-refractivity contribution in [1.29, 1.82) is 0 Å². The smallest absolute Gasteiger partial charge is 0.325 e. The van der Waals surface area contributed by atoms with Gasteiger partial charge in [-0.2, -0.15) is 0 Å². The van der Waals surface area contributed by atoms with Crippen molar-refractivity contribution in [2.24, 2.45) is 0 Å². The van der Waals surface area contributed by atoms with Crippen molar-refractivity contribution in [1.82, 2.24) is 10.2 Å². The van der Waals surface area contributed by atoms with Gasteiger partial charge in [0.05, 0.1) is 0 Å². The van der Waals surface area contributed by atoms with Gasteiger partial charge >= 0.3 is 6.03 Å². The molecule has 1 fully saturated rings. The van der Waals surface area contributed by atoms with Crippen LogP contribution in [0.5, 0.6) is 0 Å². The summed E-state index contributed by atoms with van der Waals surface area (Å²) in [5.74, 6) is -0.809. The van der Waals surface area contributed by atoms with Gasteiger partial charge in [0.25, 0.3) is 5.91 Å². The molecule has 134 valence electrons. The first-order valence-electron chi connectivity index (χ1n) is 8.16. The van der Waals surface area contributed by atoms with E-state index in [9.17, 15) is 14.4 Å². The molecule has 0 saturated carbocycles. The number of imide groups is 1. The molecular formula is C19H18BrN3O3. The number of carbonyl (C=O) groups excluding carboxylic acids is 3. The zero-order valence-corrected chi connectivity index (χ0v) is 15.7. The Labute approximate surface area is 159 Å². The molecule has 3 rings (SSSR count). The zero-order valence-electron chi connectivity index (χ0n) is 14.2. The van der Waals surface area contributed by atoms with Crippen LogP contribution in [0, 0.1) is 6.92 Å². The number of rotatable bonds is 5. The van der Waals surface area contributed by atoms with E-state index in [-0.39, 0.29) is 12.5 Å². The number of nitrogens with zero attached hydrogens (tertiary/aromatic N) is 1. The van der Waals surface area contributed by atoms with Crippen molar-refractivity contribution >= 4 is 39.5 Å². The molecule has 1 saturated heterocycles. The third-order valence-corrected chi connectivity index (χ3v) is 5.02. The third-order valence-electron chi connectivity index (χ3n) is 4.13. The highest BCUT2D eigenvalue weighted by Crippen LogP contribution is 2.20. The first-order valence-corrected chi connectivity index (χ1v) is 8.95. The van der Waals surface area contributed by atoms with Gasteiger partial charge in [0.2, 0.25) is 5.91 Å². The average molecular weight is 416 g/mol. The predicted octanol–water partition coefficient (Wildman–Crippen LogP) is 2.86. The first-order chi connectivity index (χ1) is 12.4. The molecule has 0 radical (unpaired) electrons. The van der Waals surface area contributed by atoms with E-state index in [0.29, 0.717) is 12.1 Å². The van der Waals surface area contributed by atoms with Gasteiger partial charge in [0.15, 0.2) is 0 Å². The number of halogens is 1. The van der Waals surface area contributed by atoms with E-state index in [1.54, 1.807) is 6.07 Å². The van der Waals surface area contributed by atoms with E-state index in [1.165, 1.54) is 0 Å². The lowest BCUT2D eigenvalue weighted by Gasteiger charge is -2.13. The van der Waals surface area contributed by atoms with Gasteiger partial charge in [-0.1, -0.05) is 46.3 Å². The quantitative estimate of drug-likeness (QED) is 0.736. The zero-order chi connectivity index (χ0) is 18.7. The van der Waals surface area contributed by atoms with E-state index >= 15 is 0 Å². The molecule has 1 heterocycles. The molecule has 26 heavy (non-hydrogen) atoms. The summed E-state index contributed by atoms with van der Waals surface area (Å²) >= 11 is 3.40. The molecular weight excluding hydrogens is 398 g/mol. The van der Waals surface area contributed by atoms with Crippen molar-refractivity contribution in [3.05, 3.63) is 64.1 Å². The number of hydrogen-bond donors (Lipinski definition) is 2. The molecule has 0 spiro atoms. The molecule has 2 aromatic carbocycles. The predicted molar refractivity (Wildman–Crippen MR) is 102 cm³/mol. The maximum atomic E-state index is 12.5. The Kier molecular flexibility index (Phi) is 5.37. The Bertz CT molecular complexity index is 854. The topological polar surface area (TPSA) is 78.5 Å². The molecule has 0 aliphatic carbocycles. The van der Waals surface area contributed by atoms with E-state index in [2.05, 4.69) is 26.6 Å². The second kappa shape index (κ2) is 7.70. The summed E-state index contributed by atoms with van der Waals surface area (Å²) in [5, 5.41) is 5.35. The highest BCUT2D eigenvalue weighted by Gasteiger charge is 2.38. The van der Waals surface area contributed by atoms with Crippen LogP contribution in [-0.4, -0.2) is 35.3 Å². The highest BCUT2D eigenvalue weighted by molar-refractivity contribution is 9.10. The van der Waals surface area contributed by atoms with E-state index < -0.39 is 18.0 Å². The number of urea groups is 1. The summed E-state index contributed by atoms with van der Waals surface area (Å²) in [5.41, 5.74) is 2.53. The fourth-order valence-corrected chi connectivity index (χ4v) is 3.03. The number of carbonyl (C=O) groups is 3.